The van der Waals surface area contributed by atoms with Gasteiger partial charge in [-0.2, -0.15) is 5.10 Å². The maximum atomic E-state index is 12.4. The van der Waals surface area contributed by atoms with Crippen molar-refractivity contribution in [2.45, 2.75) is 13.5 Å². The van der Waals surface area contributed by atoms with Gasteiger partial charge in [0.25, 0.3) is 5.91 Å². The summed E-state index contributed by atoms with van der Waals surface area (Å²) in [5, 5.41) is 4.11. The Morgan fingerprint density at radius 3 is 2.90 bits per heavy atom. The van der Waals surface area contributed by atoms with Gasteiger partial charge in [-0.05, 0) is 24.6 Å². The molecule has 3 rings (SSSR count). The highest BCUT2D eigenvalue weighted by molar-refractivity contribution is 5.92. The Hall–Kier alpha value is -2.63. The average Bonchev–Trinajstić information content (AvgIpc) is 3.03. The molecule has 6 nitrogen and oxygen atoms in total. The molecule has 0 aliphatic carbocycles. The second kappa shape index (κ2) is 5.05. The number of fused-ring (bicyclic) bond motifs is 1. The van der Waals surface area contributed by atoms with Gasteiger partial charge < -0.3 is 9.30 Å². The molecular formula is C15H17N5O. The lowest BCUT2D eigenvalue weighted by atomic mass is 10.3. The van der Waals surface area contributed by atoms with E-state index in [0.29, 0.717) is 12.2 Å². The first-order valence-corrected chi connectivity index (χ1v) is 6.71. The molecule has 0 aliphatic heterocycles. The average molecular weight is 283 g/mol. The fraction of sp³-hybridized carbons (Fsp3) is 0.267. The third kappa shape index (κ3) is 2.65. The monoisotopic (exact) mass is 283 g/mol. The van der Waals surface area contributed by atoms with Crippen LogP contribution in [0.2, 0.25) is 0 Å². The van der Waals surface area contributed by atoms with Crippen molar-refractivity contribution < 1.29 is 4.79 Å². The van der Waals surface area contributed by atoms with Gasteiger partial charge in [-0.3, -0.25) is 9.48 Å². The predicted molar refractivity (Wildman–Crippen MR) is 78.9 cm³/mol. The van der Waals surface area contributed by atoms with Crippen LogP contribution >= 0.6 is 0 Å². The van der Waals surface area contributed by atoms with Crippen molar-refractivity contribution in [3.63, 3.8) is 0 Å². The Morgan fingerprint density at radius 1 is 1.38 bits per heavy atom. The number of hydrogen-bond acceptors (Lipinski definition) is 3. The normalized spacial score (nSPS) is 11.0. The van der Waals surface area contributed by atoms with Crippen LogP contribution < -0.4 is 0 Å². The third-order valence-electron chi connectivity index (χ3n) is 3.36. The van der Waals surface area contributed by atoms with Gasteiger partial charge in [-0.1, -0.05) is 0 Å². The Balaban J connectivity index is 1.82. The van der Waals surface area contributed by atoms with E-state index in [-0.39, 0.29) is 5.91 Å². The van der Waals surface area contributed by atoms with Gasteiger partial charge >= 0.3 is 0 Å². The smallest absolute Gasteiger partial charge is 0.274 e. The molecule has 0 N–H and O–H groups in total. The van der Waals surface area contributed by atoms with Crippen LogP contribution in [0.1, 0.15) is 21.6 Å². The first-order chi connectivity index (χ1) is 10.0. The zero-order valence-electron chi connectivity index (χ0n) is 12.3. The minimum absolute atomic E-state index is 0.0970. The lowest BCUT2D eigenvalue weighted by Crippen LogP contribution is -2.26. The van der Waals surface area contributed by atoms with Crippen LogP contribution in [0.15, 0.2) is 36.9 Å². The van der Waals surface area contributed by atoms with E-state index < -0.39 is 0 Å². The summed E-state index contributed by atoms with van der Waals surface area (Å²) in [6.45, 7) is 2.52. The standard InChI is InChI=1S/C15H17N5O/c1-11-4-5-20-10-13(17-14(20)6-11)15(21)18(2)8-12-7-16-19(3)9-12/h4-7,9-10H,8H2,1-3H3. The molecule has 3 aromatic heterocycles. The van der Waals surface area contributed by atoms with Gasteiger partial charge in [0, 0.05) is 44.8 Å². The first kappa shape index (κ1) is 13.4. The molecule has 0 fully saturated rings. The number of imidazole rings is 1. The summed E-state index contributed by atoms with van der Waals surface area (Å²) in [7, 11) is 3.63. The maximum absolute atomic E-state index is 12.4. The minimum atomic E-state index is -0.0970. The summed E-state index contributed by atoms with van der Waals surface area (Å²) in [5.74, 6) is -0.0970. The van der Waals surface area contributed by atoms with Gasteiger partial charge in [0.15, 0.2) is 0 Å². The lowest BCUT2D eigenvalue weighted by Gasteiger charge is -2.14. The van der Waals surface area contributed by atoms with E-state index in [2.05, 4.69) is 10.1 Å². The first-order valence-electron chi connectivity index (χ1n) is 6.71. The van der Waals surface area contributed by atoms with E-state index in [1.165, 1.54) is 0 Å². The molecule has 3 heterocycles. The molecule has 0 bridgehead atoms. The van der Waals surface area contributed by atoms with E-state index in [9.17, 15) is 4.79 Å². The van der Waals surface area contributed by atoms with Gasteiger partial charge in [0.2, 0.25) is 0 Å². The summed E-state index contributed by atoms with van der Waals surface area (Å²) >= 11 is 0. The summed E-state index contributed by atoms with van der Waals surface area (Å²) in [6, 6.07) is 3.94. The Kier molecular flexibility index (Phi) is 3.21. The van der Waals surface area contributed by atoms with Crippen molar-refractivity contribution in [2.75, 3.05) is 7.05 Å². The van der Waals surface area contributed by atoms with Crippen LogP contribution in [-0.4, -0.2) is 37.0 Å². The van der Waals surface area contributed by atoms with Crippen molar-refractivity contribution in [2.24, 2.45) is 7.05 Å². The van der Waals surface area contributed by atoms with Crippen LogP contribution in [0.5, 0.6) is 0 Å². The zero-order chi connectivity index (χ0) is 15.0. The molecule has 0 saturated carbocycles. The van der Waals surface area contributed by atoms with E-state index in [1.807, 2.05) is 42.9 Å². The quantitative estimate of drug-likeness (QED) is 0.734. The van der Waals surface area contributed by atoms with E-state index in [0.717, 1.165) is 16.8 Å². The van der Waals surface area contributed by atoms with Gasteiger partial charge in [0.05, 0.1) is 6.20 Å². The van der Waals surface area contributed by atoms with Gasteiger partial charge in [-0.25, -0.2) is 4.98 Å². The third-order valence-corrected chi connectivity index (χ3v) is 3.36. The number of hydrogen-bond donors (Lipinski definition) is 0. The van der Waals surface area contributed by atoms with Crippen molar-refractivity contribution in [1.29, 1.82) is 0 Å². The molecule has 0 atom stereocenters. The summed E-state index contributed by atoms with van der Waals surface area (Å²) < 4.78 is 3.58. The molecule has 0 aliphatic rings. The van der Waals surface area contributed by atoms with E-state index in [1.54, 1.807) is 29.0 Å². The summed E-state index contributed by atoms with van der Waals surface area (Å²) in [6.07, 6.45) is 7.33. The molecule has 1 amide bonds. The highest BCUT2D eigenvalue weighted by Crippen LogP contribution is 2.11. The molecular weight excluding hydrogens is 266 g/mol. The number of amides is 1. The number of rotatable bonds is 3. The van der Waals surface area contributed by atoms with Gasteiger partial charge in [0.1, 0.15) is 11.3 Å². The molecule has 3 aromatic rings. The van der Waals surface area contributed by atoms with Crippen LogP contribution in [0.3, 0.4) is 0 Å². The van der Waals surface area contributed by atoms with Crippen LogP contribution in [-0.2, 0) is 13.6 Å². The van der Waals surface area contributed by atoms with Crippen LogP contribution in [0.4, 0.5) is 0 Å². The largest absolute Gasteiger partial charge is 0.336 e. The molecule has 0 unspecified atom stereocenters. The number of carbonyl (C=O) groups is 1. The Bertz CT molecular complexity index is 801. The lowest BCUT2D eigenvalue weighted by molar-refractivity contribution is 0.0780. The second-order valence-electron chi connectivity index (χ2n) is 5.28. The minimum Gasteiger partial charge on any atom is -0.336 e. The van der Waals surface area contributed by atoms with Crippen LogP contribution in [0, 0.1) is 6.92 Å². The highest BCUT2D eigenvalue weighted by Gasteiger charge is 2.16. The van der Waals surface area contributed by atoms with Crippen molar-refractivity contribution >= 4 is 11.6 Å². The molecule has 0 radical (unpaired) electrons. The molecule has 108 valence electrons. The molecule has 6 heteroatoms. The number of pyridine rings is 1. The second-order valence-corrected chi connectivity index (χ2v) is 5.28. The van der Waals surface area contributed by atoms with Crippen molar-refractivity contribution in [1.82, 2.24) is 24.1 Å². The molecule has 0 aromatic carbocycles. The predicted octanol–water partition coefficient (Wildman–Crippen LogP) is 1.65. The number of aromatic nitrogens is 4. The topological polar surface area (TPSA) is 55.4 Å². The Morgan fingerprint density at radius 2 is 2.19 bits per heavy atom. The molecule has 21 heavy (non-hydrogen) atoms. The Labute approximate surface area is 122 Å². The van der Waals surface area contributed by atoms with Crippen LogP contribution in [0.25, 0.3) is 5.65 Å². The van der Waals surface area contributed by atoms with E-state index in [4.69, 9.17) is 0 Å². The number of aryl methyl sites for hydroxylation is 2. The number of carbonyl (C=O) groups excluding carboxylic acids is 1. The van der Waals surface area contributed by atoms with Crippen molar-refractivity contribution in [3.05, 3.63) is 53.7 Å². The SMILES string of the molecule is Cc1ccn2cc(C(=O)N(C)Cc3cnn(C)c3)nc2c1. The summed E-state index contributed by atoms with van der Waals surface area (Å²) in [4.78, 5) is 18.5. The highest BCUT2D eigenvalue weighted by atomic mass is 16.2. The molecule has 0 saturated heterocycles. The number of nitrogens with zero attached hydrogens (tertiary/aromatic N) is 5. The van der Waals surface area contributed by atoms with Crippen molar-refractivity contribution in [3.8, 4) is 0 Å². The molecule has 0 spiro atoms. The van der Waals surface area contributed by atoms with E-state index >= 15 is 0 Å². The zero-order valence-corrected chi connectivity index (χ0v) is 12.3. The fourth-order valence-electron chi connectivity index (χ4n) is 2.28. The summed E-state index contributed by atoms with van der Waals surface area (Å²) in [5.41, 5.74) is 3.35. The maximum Gasteiger partial charge on any atom is 0.274 e. The fourth-order valence-corrected chi connectivity index (χ4v) is 2.28. The van der Waals surface area contributed by atoms with Gasteiger partial charge in [-0.15, -0.1) is 0 Å².